The fourth-order valence-corrected chi connectivity index (χ4v) is 0.938. The molecule has 0 bridgehead atoms. The number of nitrogens with two attached hydrogens (primary N) is 1. The molecule has 1 aromatic heterocycles. The van der Waals surface area contributed by atoms with E-state index in [1.54, 1.807) is 0 Å². The predicted octanol–water partition coefficient (Wildman–Crippen LogP) is -0.380. The van der Waals surface area contributed by atoms with Crippen LogP contribution in [0.3, 0.4) is 0 Å². The Hall–Kier alpha value is -1.62. The smallest absolute Gasteiger partial charge is 0.354 e. The molecule has 3 N–H and O–H groups in total. The van der Waals surface area contributed by atoms with Crippen molar-refractivity contribution < 1.29 is 9.53 Å². The average Bonchev–Trinajstić information content (AvgIpc) is 2.15. The van der Waals surface area contributed by atoms with Gasteiger partial charge in [0.25, 0.3) is 0 Å². The monoisotopic (exact) mass is 182 g/mol. The van der Waals surface area contributed by atoms with Crippen molar-refractivity contribution >= 4 is 5.97 Å². The number of H-pyrrole nitrogens is 1. The first-order valence-corrected chi connectivity index (χ1v) is 3.69. The quantitative estimate of drug-likeness (QED) is 0.610. The maximum absolute atomic E-state index is 11.0. The third-order valence-electron chi connectivity index (χ3n) is 1.55. The van der Waals surface area contributed by atoms with Gasteiger partial charge in [0.2, 0.25) is 5.56 Å². The molecule has 0 aliphatic heterocycles. The number of esters is 1. The SMILES string of the molecule is COC(=O)c1cc(CN)cc(=O)[nH]1. The molecule has 1 rings (SSSR count). The minimum atomic E-state index is -0.576. The lowest BCUT2D eigenvalue weighted by molar-refractivity contribution is 0.0593. The van der Waals surface area contributed by atoms with E-state index in [0.29, 0.717) is 5.56 Å². The lowest BCUT2D eigenvalue weighted by Crippen LogP contribution is -2.15. The molecule has 0 atom stereocenters. The summed E-state index contributed by atoms with van der Waals surface area (Å²) in [6.07, 6.45) is 0. The van der Waals surface area contributed by atoms with E-state index in [2.05, 4.69) is 9.72 Å². The third-order valence-corrected chi connectivity index (χ3v) is 1.55. The number of hydrogen-bond donors (Lipinski definition) is 2. The van der Waals surface area contributed by atoms with E-state index in [0.717, 1.165) is 0 Å². The minimum Gasteiger partial charge on any atom is -0.464 e. The zero-order valence-corrected chi connectivity index (χ0v) is 7.16. The highest BCUT2D eigenvalue weighted by Gasteiger charge is 2.06. The second-order valence-corrected chi connectivity index (χ2v) is 2.46. The molecule has 0 fully saturated rings. The maximum atomic E-state index is 11.0. The number of pyridine rings is 1. The Bertz CT molecular complexity index is 370. The van der Waals surface area contributed by atoms with Crippen LogP contribution < -0.4 is 11.3 Å². The van der Waals surface area contributed by atoms with Crippen LogP contribution >= 0.6 is 0 Å². The summed E-state index contributed by atoms with van der Waals surface area (Å²) in [4.78, 5) is 24.3. The van der Waals surface area contributed by atoms with Crippen LogP contribution in [0.5, 0.6) is 0 Å². The summed E-state index contributed by atoms with van der Waals surface area (Å²) in [7, 11) is 1.25. The second-order valence-electron chi connectivity index (χ2n) is 2.46. The van der Waals surface area contributed by atoms with Gasteiger partial charge in [-0.05, 0) is 11.6 Å². The fraction of sp³-hybridized carbons (Fsp3) is 0.250. The van der Waals surface area contributed by atoms with Crippen LogP contribution in [0.4, 0.5) is 0 Å². The van der Waals surface area contributed by atoms with E-state index >= 15 is 0 Å². The molecule has 0 aliphatic rings. The number of carbonyl (C=O) groups is 1. The van der Waals surface area contributed by atoms with Crippen molar-refractivity contribution in [1.29, 1.82) is 0 Å². The van der Waals surface area contributed by atoms with Crippen LogP contribution in [0.25, 0.3) is 0 Å². The van der Waals surface area contributed by atoms with Gasteiger partial charge in [-0.2, -0.15) is 0 Å². The van der Waals surface area contributed by atoms with E-state index in [4.69, 9.17) is 5.73 Å². The number of carbonyl (C=O) groups excluding carboxylic acids is 1. The Balaban J connectivity index is 3.16. The van der Waals surface area contributed by atoms with Gasteiger partial charge in [-0.3, -0.25) is 4.79 Å². The molecular weight excluding hydrogens is 172 g/mol. The number of ether oxygens (including phenoxy) is 1. The molecule has 13 heavy (non-hydrogen) atoms. The Labute approximate surface area is 74.5 Å². The van der Waals surface area contributed by atoms with Gasteiger partial charge in [0.1, 0.15) is 5.69 Å². The van der Waals surface area contributed by atoms with Gasteiger partial charge in [-0.1, -0.05) is 0 Å². The van der Waals surface area contributed by atoms with Gasteiger partial charge in [0.05, 0.1) is 7.11 Å². The Morgan fingerprint density at radius 3 is 2.85 bits per heavy atom. The molecule has 0 amide bonds. The summed E-state index contributed by atoms with van der Waals surface area (Å²) in [6, 6.07) is 2.83. The molecule has 0 radical (unpaired) electrons. The van der Waals surface area contributed by atoms with Crippen LogP contribution in [0.1, 0.15) is 16.1 Å². The topological polar surface area (TPSA) is 85.2 Å². The van der Waals surface area contributed by atoms with E-state index in [1.807, 2.05) is 0 Å². The first-order valence-electron chi connectivity index (χ1n) is 3.69. The number of aromatic nitrogens is 1. The maximum Gasteiger partial charge on any atom is 0.354 e. The highest BCUT2D eigenvalue weighted by atomic mass is 16.5. The van der Waals surface area contributed by atoms with Gasteiger partial charge in [0.15, 0.2) is 0 Å². The normalized spacial score (nSPS) is 9.69. The number of hydrogen-bond acceptors (Lipinski definition) is 4. The van der Waals surface area contributed by atoms with Crippen molar-refractivity contribution in [2.24, 2.45) is 5.73 Å². The number of nitrogens with one attached hydrogen (secondary N) is 1. The number of methoxy groups -OCH3 is 1. The van der Waals surface area contributed by atoms with Gasteiger partial charge in [0, 0.05) is 12.6 Å². The molecule has 0 aliphatic carbocycles. The van der Waals surface area contributed by atoms with E-state index in [1.165, 1.54) is 19.2 Å². The van der Waals surface area contributed by atoms with Crippen LogP contribution in [0, 0.1) is 0 Å². The first-order chi connectivity index (χ1) is 6.17. The molecule has 70 valence electrons. The largest absolute Gasteiger partial charge is 0.464 e. The molecule has 0 spiro atoms. The lowest BCUT2D eigenvalue weighted by atomic mass is 10.2. The highest BCUT2D eigenvalue weighted by molar-refractivity contribution is 5.87. The van der Waals surface area contributed by atoms with Crippen molar-refractivity contribution in [2.75, 3.05) is 7.11 Å². The number of aromatic amines is 1. The van der Waals surface area contributed by atoms with Gasteiger partial charge >= 0.3 is 5.97 Å². The molecule has 1 aromatic rings. The molecule has 5 nitrogen and oxygen atoms in total. The molecule has 0 saturated heterocycles. The minimum absolute atomic E-state index is 0.121. The molecule has 0 aromatic carbocycles. The molecule has 0 saturated carbocycles. The summed E-state index contributed by atoms with van der Waals surface area (Å²) >= 11 is 0. The van der Waals surface area contributed by atoms with Crippen molar-refractivity contribution in [3.8, 4) is 0 Å². The number of rotatable bonds is 2. The molecule has 1 heterocycles. The van der Waals surface area contributed by atoms with Crippen molar-refractivity contribution in [3.05, 3.63) is 33.7 Å². The van der Waals surface area contributed by atoms with Gasteiger partial charge in [-0.25, -0.2) is 4.79 Å². The predicted molar refractivity (Wildman–Crippen MR) is 46.3 cm³/mol. The van der Waals surface area contributed by atoms with Gasteiger partial charge in [-0.15, -0.1) is 0 Å². The van der Waals surface area contributed by atoms with Crippen LogP contribution in [-0.2, 0) is 11.3 Å². The van der Waals surface area contributed by atoms with Gasteiger partial charge < -0.3 is 15.5 Å². The summed E-state index contributed by atoms with van der Waals surface area (Å²) in [6.45, 7) is 0.216. The second kappa shape index (κ2) is 3.86. The lowest BCUT2D eigenvalue weighted by Gasteiger charge is -2.00. The molecular formula is C8H10N2O3. The zero-order valence-electron chi connectivity index (χ0n) is 7.16. The van der Waals surface area contributed by atoms with Crippen LogP contribution in [0.2, 0.25) is 0 Å². The van der Waals surface area contributed by atoms with Crippen molar-refractivity contribution in [3.63, 3.8) is 0 Å². The van der Waals surface area contributed by atoms with Crippen molar-refractivity contribution in [1.82, 2.24) is 4.98 Å². The van der Waals surface area contributed by atoms with Crippen molar-refractivity contribution in [2.45, 2.75) is 6.54 Å². The standard InChI is InChI=1S/C8H10N2O3/c1-13-8(12)6-2-5(4-9)3-7(11)10-6/h2-3H,4,9H2,1H3,(H,10,11). The summed E-state index contributed by atoms with van der Waals surface area (Å²) in [5.41, 5.74) is 5.69. The summed E-state index contributed by atoms with van der Waals surface area (Å²) in [5.74, 6) is -0.576. The Morgan fingerprint density at radius 1 is 1.62 bits per heavy atom. The summed E-state index contributed by atoms with van der Waals surface area (Å²) in [5, 5.41) is 0. The van der Waals surface area contributed by atoms with Crippen LogP contribution in [-0.4, -0.2) is 18.1 Å². The molecule has 0 unspecified atom stereocenters. The summed E-state index contributed by atoms with van der Waals surface area (Å²) < 4.78 is 4.44. The fourth-order valence-electron chi connectivity index (χ4n) is 0.938. The van der Waals surface area contributed by atoms with E-state index < -0.39 is 5.97 Å². The third kappa shape index (κ3) is 2.16. The Kier molecular flexibility index (Phi) is 2.81. The first kappa shape index (κ1) is 9.47. The van der Waals surface area contributed by atoms with E-state index in [9.17, 15) is 9.59 Å². The zero-order chi connectivity index (χ0) is 9.84. The highest BCUT2D eigenvalue weighted by Crippen LogP contribution is 1.98. The average molecular weight is 182 g/mol. The van der Waals surface area contributed by atoms with E-state index in [-0.39, 0.29) is 17.8 Å². The van der Waals surface area contributed by atoms with Crippen LogP contribution in [0.15, 0.2) is 16.9 Å². The Morgan fingerprint density at radius 2 is 2.31 bits per heavy atom. The molecule has 5 heteroatoms.